The summed E-state index contributed by atoms with van der Waals surface area (Å²) in [6.07, 6.45) is -4.94. The summed E-state index contributed by atoms with van der Waals surface area (Å²) in [7, 11) is 0. The van der Waals surface area contributed by atoms with Crippen LogP contribution in [0.2, 0.25) is 0 Å². The first kappa shape index (κ1) is 9.88. The highest BCUT2D eigenvalue weighted by atomic mass is 16.5. The first-order chi connectivity index (χ1) is 5.57. The minimum absolute atomic E-state index is 0.366. The van der Waals surface area contributed by atoms with Crippen LogP contribution in [0, 0.1) is 0 Å². The maximum atomic E-state index is 9.23. The van der Waals surface area contributed by atoms with Gasteiger partial charge >= 0.3 is 0 Å². The van der Waals surface area contributed by atoms with Crippen molar-refractivity contribution in [3.8, 4) is 0 Å². The van der Waals surface area contributed by atoms with Crippen LogP contribution in [-0.2, 0) is 4.74 Å². The van der Waals surface area contributed by atoms with Crippen LogP contribution < -0.4 is 0 Å². The van der Waals surface area contributed by atoms with Gasteiger partial charge in [0.2, 0.25) is 0 Å². The van der Waals surface area contributed by atoms with Crippen LogP contribution in [0.4, 0.5) is 0 Å². The lowest BCUT2D eigenvalue weighted by atomic mass is 9.96. The van der Waals surface area contributed by atoms with Gasteiger partial charge in [0.25, 0.3) is 0 Å². The molecule has 5 nitrogen and oxygen atoms in total. The number of aliphatic hydroxyl groups excluding tert-OH is 4. The molecule has 1 fully saturated rings. The summed E-state index contributed by atoms with van der Waals surface area (Å²) >= 11 is 0. The molecule has 1 aliphatic rings. The van der Waals surface area contributed by atoms with Gasteiger partial charge in [-0.25, -0.2) is 0 Å². The topological polar surface area (TPSA) is 90.2 Å². The SMILES string of the molecule is CC1O[C@H](CO)[C@@H](O)[C@H](O)[C@H]1O. The van der Waals surface area contributed by atoms with Gasteiger partial charge in [0, 0.05) is 0 Å². The second-order valence-corrected chi connectivity index (χ2v) is 3.03. The van der Waals surface area contributed by atoms with Crippen LogP contribution in [0.5, 0.6) is 0 Å². The maximum Gasteiger partial charge on any atom is 0.111 e. The van der Waals surface area contributed by atoms with Gasteiger partial charge < -0.3 is 25.2 Å². The zero-order valence-electron chi connectivity index (χ0n) is 6.79. The molecule has 1 saturated heterocycles. The number of rotatable bonds is 1. The lowest BCUT2D eigenvalue weighted by Gasteiger charge is -2.38. The highest BCUT2D eigenvalue weighted by molar-refractivity contribution is 4.89. The molecular weight excluding hydrogens is 164 g/mol. The van der Waals surface area contributed by atoms with Crippen LogP contribution in [0.3, 0.4) is 0 Å². The molecule has 5 atom stereocenters. The number of aliphatic hydroxyl groups is 4. The van der Waals surface area contributed by atoms with E-state index in [4.69, 9.17) is 9.84 Å². The second kappa shape index (κ2) is 3.68. The summed E-state index contributed by atoms with van der Waals surface area (Å²) in [5.41, 5.74) is 0. The lowest BCUT2D eigenvalue weighted by molar-refractivity contribution is -0.224. The van der Waals surface area contributed by atoms with Crippen LogP contribution >= 0.6 is 0 Å². The number of hydrogen-bond acceptors (Lipinski definition) is 5. The lowest BCUT2D eigenvalue weighted by Crippen LogP contribution is -2.57. The van der Waals surface area contributed by atoms with Crippen LogP contribution in [0.15, 0.2) is 0 Å². The van der Waals surface area contributed by atoms with Crippen LogP contribution in [0.1, 0.15) is 6.92 Å². The zero-order chi connectivity index (χ0) is 9.30. The van der Waals surface area contributed by atoms with E-state index >= 15 is 0 Å². The molecule has 72 valence electrons. The van der Waals surface area contributed by atoms with E-state index in [1.165, 1.54) is 0 Å². The maximum absolute atomic E-state index is 9.23. The van der Waals surface area contributed by atoms with Gasteiger partial charge in [-0.15, -0.1) is 0 Å². The van der Waals surface area contributed by atoms with E-state index in [2.05, 4.69) is 0 Å². The largest absolute Gasteiger partial charge is 0.394 e. The molecule has 0 saturated carbocycles. The normalized spacial score (nSPS) is 49.2. The molecule has 0 amide bonds. The molecule has 0 bridgehead atoms. The van der Waals surface area contributed by atoms with Gasteiger partial charge in [0.15, 0.2) is 0 Å². The van der Waals surface area contributed by atoms with Gasteiger partial charge in [-0.05, 0) is 6.92 Å². The first-order valence-electron chi connectivity index (χ1n) is 3.88. The molecule has 0 aromatic heterocycles. The standard InChI is InChI=1S/C7H14O5/c1-3-5(9)7(11)6(10)4(2-8)12-3/h3-11H,2H2,1H3/t3?,4-,5+,6-,7-/m1/s1. The Morgan fingerprint density at radius 2 is 1.67 bits per heavy atom. The molecule has 12 heavy (non-hydrogen) atoms. The van der Waals surface area contributed by atoms with Crippen molar-refractivity contribution in [2.45, 2.75) is 37.4 Å². The molecule has 0 radical (unpaired) electrons. The van der Waals surface area contributed by atoms with Crippen molar-refractivity contribution >= 4 is 0 Å². The molecule has 0 aromatic carbocycles. The molecular formula is C7H14O5. The fourth-order valence-electron chi connectivity index (χ4n) is 1.29. The highest BCUT2D eigenvalue weighted by Gasteiger charge is 2.41. The monoisotopic (exact) mass is 178 g/mol. The van der Waals surface area contributed by atoms with E-state index in [1.807, 2.05) is 0 Å². The average Bonchev–Trinajstić information content (AvgIpc) is 2.08. The molecule has 1 rings (SSSR count). The Labute approximate surface area is 70.2 Å². The summed E-state index contributed by atoms with van der Waals surface area (Å²) < 4.78 is 5.02. The Morgan fingerprint density at radius 3 is 2.17 bits per heavy atom. The molecule has 1 aliphatic heterocycles. The van der Waals surface area contributed by atoms with Gasteiger partial charge in [0.05, 0.1) is 12.7 Å². The molecule has 0 aromatic rings. The van der Waals surface area contributed by atoms with Gasteiger partial charge in [0.1, 0.15) is 24.4 Å². The van der Waals surface area contributed by atoms with Gasteiger partial charge in [-0.1, -0.05) is 0 Å². The summed E-state index contributed by atoms with van der Waals surface area (Å²) in [5.74, 6) is 0. The van der Waals surface area contributed by atoms with E-state index < -0.39 is 30.5 Å². The Balaban J connectivity index is 2.63. The van der Waals surface area contributed by atoms with E-state index in [0.717, 1.165) is 0 Å². The smallest absolute Gasteiger partial charge is 0.111 e. The first-order valence-corrected chi connectivity index (χ1v) is 3.88. The fourth-order valence-corrected chi connectivity index (χ4v) is 1.29. The Kier molecular flexibility index (Phi) is 3.03. The Hall–Kier alpha value is -0.200. The zero-order valence-corrected chi connectivity index (χ0v) is 6.79. The van der Waals surface area contributed by atoms with E-state index in [9.17, 15) is 15.3 Å². The second-order valence-electron chi connectivity index (χ2n) is 3.03. The molecule has 4 N–H and O–H groups in total. The molecule has 0 aliphatic carbocycles. The summed E-state index contributed by atoms with van der Waals surface area (Å²) in [6.45, 7) is 1.21. The number of hydrogen-bond donors (Lipinski definition) is 4. The molecule has 1 unspecified atom stereocenters. The quantitative estimate of drug-likeness (QED) is 0.367. The average molecular weight is 178 g/mol. The summed E-state index contributed by atoms with van der Waals surface area (Å²) in [6, 6.07) is 0. The Bertz CT molecular complexity index is 146. The van der Waals surface area contributed by atoms with Crippen molar-refractivity contribution in [3.63, 3.8) is 0 Å². The minimum Gasteiger partial charge on any atom is -0.394 e. The van der Waals surface area contributed by atoms with E-state index in [0.29, 0.717) is 0 Å². The van der Waals surface area contributed by atoms with Crippen LogP contribution in [0.25, 0.3) is 0 Å². The van der Waals surface area contributed by atoms with Crippen molar-refractivity contribution in [3.05, 3.63) is 0 Å². The van der Waals surface area contributed by atoms with E-state index in [1.54, 1.807) is 6.92 Å². The van der Waals surface area contributed by atoms with E-state index in [-0.39, 0.29) is 6.61 Å². The fraction of sp³-hybridized carbons (Fsp3) is 1.00. The summed E-state index contributed by atoms with van der Waals surface area (Å²) in [5, 5.41) is 36.4. The third kappa shape index (κ3) is 1.60. The predicted octanol–water partition coefficient (Wildman–Crippen LogP) is -2.15. The molecule has 0 spiro atoms. The van der Waals surface area contributed by atoms with Crippen molar-refractivity contribution in [1.82, 2.24) is 0 Å². The Morgan fingerprint density at radius 1 is 1.08 bits per heavy atom. The van der Waals surface area contributed by atoms with Crippen molar-refractivity contribution in [2.75, 3.05) is 6.61 Å². The van der Waals surface area contributed by atoms with Crippen molar-refractivity contribution < 1.29 is 25.2 Å². The van der Waals surface area contributed by atoms with Gasteiger partial charge in [-0.3, -0.25) is 0 Å². The van der Waals surface area contributed by atoms with Gasteiger partial charge in [-0.2, -0.15) is 0 Å². The molecule has 1 heterocycles. The molecule has 5 heteroatoms. The van der Waals surface area contributed by atoms with Crippen molar-refractivity contribution in [2.24, 2.45) is 0 Å². The third-order valence-corrected chi connectivity index (χ3v) is 2.13. The third-order valence-electron chi connectivity index (χ3n) is 2.13. The van der Waals surface area contributed by atoms with Crippen molar-refractivity contribution in [1.29, 1.82) is 0 Å². The minimum atomic E-state index is -1.24. The predicted molar refractivity (Wildman–Crippen MR) is 39.4 cm³/mol. The van der Waals surface area contributed by atoms with Crippen LogP contribution in [-0.4, -0.2) is 57.6 Å². The number of ether oxygens (including phenoxy) is 1. The highest BCUT2D eigenvalue weighted by Crippen LogP contribution is 2.20. The summed E-state index contributed by atoms with van der Waals surface area (Å²) in [4.78, 5) is 0.